The fraction of sp³-hybridized carbons (Fsp3) is 0.286. The van der Waals surface area contributed by atoms with E-state index in [-0.39, 0.29) is 5.69 Å². The Labute approximate surface area is 121 Å². The van der Waals surface area contributed by atoms with E-state index < -0.39 is 4.92 Å². The minimum atomic E-state index is -0.408. The molecule has 0 aliphatic rings. The van der Waals surface area contributed by atoms with Crippen molar-refractivity contribution in [1.29, 1.82) is 0 Å². The number of rotatable bonds is 6. The first-order chi connectivity index (χ1) is 9.58. The number of nitrogens with zero attached hydrogens (tertiary/aromatic N) is 1. The van der Waals surface area contributed by atoms with E-state index in [1.54, 1.807) is 23.5 Å². The van der Waals surface area contributed by atoms with E-state index in [9.17, 15) is 10.1 Å². The van der Waals surface area contributed by atoms with Crippen LogP contribution >= 0.6 is 11.3 Å². The molecule has 0 saturated carbocycles. The lowest BCUT2D eigenvalue weighted by Gasteiger charge is -2.06. The number of hydrogen-bond donors (Lipinski definition) is 1. The minimum absolute atomic E-state index is 0.0492. The van der Waals surface area contributed by atoms with Gasteiger partial charge in [-0.25, -0.2) is 0 Å². The summed E-state index contributed by atoms with van der Waals surface area (Å²) in [5, 5.41) is 14.1. The molecule has 2 aromatic rings. The van der Waals surface area contributed by atoms with Crippen LogP contribution in [0.2, 0.25) is 0 Å². The maximum absolute atomic E-state index is 10.9. The molecule has 20 heavy (non-hydrogen) atoms. The molecule has 0 unspecified atom stereocenters. The summed E-state index contributed by atoms with van der Waals surface area (Å²) in [6, 6.07) is 8.96. The van der Waals surface area contributed by atoms with Gasteiger partial charge in [0.25, 0.3) is 5.69 Å². The van der Waals surface area contributed by atoms with E-state index >= 15 is 0 Å². The van der Waals surface area contributed by atoms with Crippen LogP contribution in [0.25, 0.3) is 0 Å². The number of ether oxygens (including phenoxy) is 1. The van der Waals surface area contributed by atoms with E-state index in [4.69, 9.17) is 4.74 Å². The van der Waals surface area contributed by atoms with Crippen molar-refractivity contribution in [3.05, 3.63) is 55.8 Å². The molecular formula is C14H16N2O3S. The van der Waals surface area contributed by atoms with Crippen LogP contribution in [0.5, 0.6) is 5.75 Å². The number of methoxy groups -OCH3 is 1. The predicted molar refractivity (Wildman–Crippen MR) is 79.2 cm³/mol. The van der Waals surface area contributed by atoms with Gasteiger partial charge in [-0.2, -0.15) is 0 Å². The topological polar surface area (TPSA) is 64.4 Å². The van der Waals surface area contributed by atoms with Gasteiger partial charge in [-0.3, -0.25) is 10.1 Å². The van der Waals surface area contributed by atoms with Crippen molar-refractivity contribution in [1.82, 2.24) is 5.32 Å². The molecule has 1 heterocycles. The average molecular weight is 292 g/mol. The molecule has 6 heteroatoms. The standard InChI is InChI=1S/C14H16N2O3S/c1-10-3-4-14(20-10)9-15-8-11-5-12(16(17)18)7-13(6-11)19-2/h3-7,15H,8-9H2,1-2H3. The summed E-state index contributed by atoms with van der Waals surface area (Å²) in [6.07, 6.45) is 0. The molecule has 1 N–H and O–H groups in total. The van der Waals surface area contributed by atoms with Crippen molar-refractivity contribution in [2.45, 2.75) is 20.0 Å². The highest BCUT2D eigenvalue weighted by Crippen LogP contribution is 2.22. The summed E-state index contributed by atoms with van der Waals surface area (Å²) in [5.74, 6) is 0.503. The number of aryl methyl sites for hydroxylation is 1. The van der Waals surface area contributed by atoms with Crippen LogP contribution in [-0.2, 0) is 13.1 Å². The van der Waals surface area contributed by atoms with Crippen LogP contribution in [0, 0.1) is 17.0 Å². The second-order valence-electron chi connectivity index (χ2n) is 4.41. The molecule has 0 amide bonds. The van der Waals surface area contributed by atoms with E-state index in [0.29, 0.717) is 12.3 Å². The number of nitrogens with one attached hydrogen (secondary N) is 1. The first kappa shape index (κ1) is 14.5. The number of non-ortho nitro benzene ring substituents is 1. The zero-order valence-corrected chi connectivity index (χ0v) is 12.2. The fourth-order valence-electron chi connectivity index (χ4n) is 1.88. The highest BCUT2D eigenvalue weighted by atomic mass is 32.1. The van der Waals surface area contributed by atoms with E-state index in [1.807, 2.05) is 0 Å². The van der Waals surface area contributed by atoms with Gasteiger partial charge in [0.15, 0.2) is 0 Å². The van der Waals surface area contributed by atoms with E-state index in [2.05, 4.69) is 24.4 Å². The normalized spacial score (nSPS) is 10.5. The van der Waals surface area contributed by atoms with Crippen molar-refractivity contribution in [3.63, 3.8) is 0 Å². The number of nitro benzene ring substituents is 1. The smallest absolute Gasteiger partial charge is 0.273 e. The lowest BCUT2D eigenvalue weighted by molar-refractivity contribution is -0.385. The Balaban J connectivity index is 2.01. The first-order valence-electron chi connectivity index (χ1n) is 6.17. The van der Waals surface area contributed by atoms with Gasteiger partial charge >= 0.3 is 0 Å². The molecule has 0 atom stereocenters. The SMILES string of the molecule is COc1cc(CNCc2ccc(C)s2)cc([N+](=O)[O-])c1. The quantitative estimate of drug-likeness (QED) is 0.655. The third-order valence-corrected chi connectivity index (χ3v) is 3.82. The molecule has 5 nitrogen and oxygen atoms in total. The van der Waals surface area contributed by atoms with Gasteiger partial charge in [-0.05, 0) is 30.7 Å². The summed E-state index contributed by atoms with van der Waals surface area (Å²) < 4.78 is 5.08. The second kappa shape index (κ2) is 6.49. The van der Waals surface area contributed by atoms with Crippen molar-refractivity contribution in [3.8, 4) is 5.75 Å². The number of nitro groups is 1. The molecule has 0 aliphatic carbocycles. The van der Waals surface area contributed by atoms with Crippen molar-refractivity contribution in [2.75, 3.05) is 7.11 Å². The molecule has 0 aliphatic heterocycles. The van der Waals surface area contributed by atoms with Gasteiger partial charge in [-0.15, -0.1) is 11.3 Å². The maximum Gasteiger partial charge on any atom is 0.273 e. The van der Waals surface area contributed by atoms with Gasteiger partial charge in [0, 0.05) is 28.9 Å². The Morgan fingerprint density at radius 3 is 2.70 bits per heavy atom. The first-order valence-corrected chi connectivity index (χ1v) is 6.98. The number of thiophene rings is 1. The van der Waals surface area contributed by atoms with Crippen LogP contribution in [0.4, 0.5) is 5.69 Å². The van der Waals surface area contributed by atoms with Crippen molar-refractivity contribution < 1.29 is 9.66 Å². The Morgan fingerprint density at radius 2 is 2.10 bits per heavy atom. The lowest BCUT2D eigenvalue weighted by Crippen LogP contribution is -2.12. The predicted octanol–water partition coefficient (Wildman–Crippen LogP) is 3.26. The van der Waals surface area contributed by atoms with Crippen LogP contribution in [0.15, 0.2) is 30.3 Å². The Kier molecular flexibility index (Phi) is 4.70. The lowest BCUT2D eigenvalue weighted by atomic mass is 10.2. The molecule has 0 bridgehead atoms. The number of hydrogen-bond acceptors (Lipinski definition) is 5. The van der Waals surface area contributed by atoms with E-state index in [1.165, 1.54) is 22.9 Å². The second-order valence-corrected chi connectivity index (χ2v) is 5.78. The van der Waals surface area contributed by atoms with E-state index in [0.717, 1.165) is 12.1 Å². The largest absolute Gasteiger partial charge is 0.496 e. The zero-order chi connectivity index (χ0) is 14.5. The van der Waals surface area contributed by atoms with Gasteiger partial charge < -0.3 is 10.1 Å². The average Bonchev–Trinajstić information content (AvgIpc) is 2.84. The molecule has 1 aromatic carbocycles. The maximum atomic E-state index is 10.9. The Morgan fingerprint density at radius 1 is 1.30 bits per heavy atom. The summed E-state index contributed by atoms with van der Waals surface area (Å²) >= 11 is 1.74. The van der Waals surface area contributed by atoms with Gasteiger partial charge in [-0.1, -0.05) is 0 Å². The highest BCUT2D eigenvalue weighted by Gasteiger charge is 2.10. The summed E-state index contributed by atoms with van der Waals surface area (Å²) in [6.45, 7) is 3.39. The van der Waals surface area contributed by atoms with Gasteiger partial charge in [0.1, 0.15) is 5.75 Å². The Bertz CT molecular complexity index is 610. The van der Waals surface area contributed by atoms with Crippen molar-refractivity contribution >= 4 is 17.0 Å². The van der Waals surface area contributed by atoms with Crippen LogP contribution < -0.4 is 10.1 Å². The van der Waals surface area contributed by atoms with Gasteiger partial charge in [0.05, 0.1) is 18.1 Å². The molecule has 1 aromatic heterocycles. The monoisotopic (exact) mass is 292 g/mol. The van der Waals surface area contributed by atoms with Gasteiger partial charge in [0.2, 0.25) is 0 Å². The molecule has 2 rings (SSSR count). The van der Waals surface area contributed by atoms with Crippen LogP contribution in [-0.4, -0.2) is 12.0 Å². The summed E-state index contributed by atoms with van der Waals surface area (Å²) in [4.78, 5) is 13.0. The molecule has 0 saturated heterocycles. The third kappa shape index (κ3) is 3.79. The third-order valence-electron chi connectivity index (χ3n) is 2.82. The molecule has 0 radical (unpaired) electrons. The summed E-state index contributed by atoms with van der Waals surface area (Å²) in [7, 11) is 1.50. The Hall–Kier alpha value is -1.92. The highest BCUT2D eigenvalue weighted by molar-refractivity contribution is 7.11. The molecule has 0 fully saturated rings. The fourth-order valence-corrected chi connectivity index (χ4v) is 2.74. The van der Waals surface area contributed by atoms with Crippen LogP contribution in [0.3, 0.4) is 0 Å². The van der Waals surface area contributed by atoms with Crippen molar-refractivity contribution in [2.24, 2.45) is 0 Å². The van der Waals surface area contributed by atoms with Crippen LogP contribution in [0.1, 0.15) is 15.3 Å². The zero-order valence-electron chi connectivity index (χ0n) is 11.4. The molecular weight excluding hydrogens is 276 g/mol. The summed E-state index contributed by atoms with van der Waals surface area (Å²) in [5.41, 5.74) is 0.887. The minimum Gasteiger partial charge on any atom is -0.496 e. The number of benzene rings is 1. The molecule has 0 spiro atoms. The molecule has 106 valence electrons.